The van der Waals surface area contributed by atoms with Crippen LogP contribution in [-0.4, -0.2) is 38.6 Å². The topological polar surface area (TPSA) is 72.9 Å². The number of carbonyl (C=O) groups is 1. The number of rotatable bonds is 4. The van der Waals surface area contributed by atoms with Gasteiger partial charge in [0.2, 0.25) is 0 Å². The SMILES string of the molecule is Cc1ccc(S(=O)(=O)OC2CCN(OC(=O)C(C)(C)C)CC2)cc1. The van der Waals surface area contributed by atoms with E-state index >= 15 is 0 Å². The molecule has 0 unspecified atom stereocenters. The van der Waals surface area contributed by atoms with E-state index in [1.54, 1.807) is 50.1 Å². The van der Waals surface area contributed by atoms with Gasteiger partial charge in [0.15, 0.2) is 0 Å². The summed E-state index contributed by atoms with van der Waals surface area (Å²) in [4.78, 5) is 17.3. The molecule has 1 aromatic rings. The van der Waals surface area contributed by atoms with Crippen LogP contribution < -0.4 is 0 Å². The second kappa shape index (κ2) is 7.21. The Kier molecular flexibility index (Phi) is 5.67. The fourth-order valence-electron chi connectivity index (χ4n) is 2.21. The highest BCUT2D eigenvalue weighted by molar-refractivity contribution is 7.86. The Morgan fingerprint density at radius 1 is 1.12 bits per heavy atom. The summed E-state index contributed by atoms with van der Waals surface area (Å²) in [6.07, 6.45) is 0.575. The Morgan fingerprint density at radius 3 is 2.17 bits per heavy atom. The number of benzene rings is 1. The van der Waals surface area contributed by atoms with Gasteiger partial charge in [-0.1, -0.05) is 17.7 Å². The fraction of sp³-hybridized carbons (Fsp3) is 0.588. The standard InChI is InChI=1S/C17H25NO5S/c1-13-5-7-15(8-6-13)24(20,21)23-14-9-11-18(12-10-14)22-16(19)17(2,3)4/h5-8,14H,9-12H2,1-4H3. The molecule has 0 N–H and O–H groups in total. The predicted molar refractivity (Wildman–Crippen MR) is 89.6 cm³/mol. The van der Waals surface area contributed by atoms with E-state index in [1.807, 2.05) is 6.92 Å². The van der Waals surface area contributed by atoms with E-state index < -0.39 is 21.6 Å². The molecule has 1 aliphatic heterocycles. The van der Waals surface area contributed by atoms with Crippen molar-refractivity contribution in [3.63, 3.8) is 0 Å². The average Bonchev–Trinajstić information content (AvgIpc) is 2.48. The minimum Gasteiger partial charge on any atom is -0.367 e. The summed E-state index contributed by atoms with van der Waals surface area (Å²) in [6, 6.07) is 6.57. The Bertz CT molecular complexity index is 668. The van der Waals surface area contributed by atoms with Gasteiger partial charge in [-0.3, -0.25) is 4.18 Å². The average molecular weight is 355 g/mol. The van der Waals surface area contributed by atoms with Gasteiger partial charge < -0.3 is 4.84 Å². The highest BCUT2D eigenvalue weighted by Gasteiger charge is 2.30. The van der Waals surface area contributed by atoms with Gasteiger partial charge in [0.25, 0.3) is 10.1 Å². The van der Waals surface area contributed by atoms with Gasteiger partial charge in [0.05, 0.1) is 16.4 Å². The van der Waals surface area contributed by atoms with Gasteiger partial charge in [-0.15, -0.1) is 5.06 Å². The second-order valence-electron chi connectivity index (χ2n) is 7.12. The summed E-state index contributed by atoms with van der Waals surface area (Å²) >= 11 is 0. The lowest BCUT2D eigenvalue weighted by atomic mass is 9.98. The molecule has 0 aliphatic carbocycles. The summed E-state index contributed by atoms with van der Waals surface area (Å²) in [5, 5.41) is 1.58. The van der Waals surface area contributed by atoms with E-state index in [1.165, 1.54) is 0 Å². The molecule has 1 heterocycles. The van der Waals surface area contributed by atoms with Gasteiger partial charge in [0.1, 0.15) is 0 Å². The van der Waals surface area contributed by atoms with Gasteiger partial charge in [-0.25, -0.2) is 4.79 Å². The molecule has 0 amide bonds. The lowest BCUT2D eigenvalue weighted by Crippen LogP contribution is -2.41. The molecule has 0 atom stereocenters. The van der Waals surface area contributed by atoms with Crippen molar-refractivity contribution in [3.05, 3.63) is 29.8 Å². The lowest BCUT2D eigenvalue weighted by Gasteiger charge is -2.31. The summed E-state index contributed by atoms with van der Waals surface area (Å²) in [7, 11) is -3.77. The van der Waals surface area contributed by atoms with Crippen LogP contribution in [0.15, 0.2) is 29.2 Å². The summed E-state index contributed by atoms with van der Waals surface area (Å²) in [5.41, 5.74) is 0.421. The van der Waals surface area contributed by atoms with E-state index in [9.17, 15) is 13.2 Å². The molecule has 2 rings (SSSR count). The van der Waals surface area contributed by atoms with Crippen molar-refractivity contribution in [3.8, 4) is 0 Å². The van der Waals surface area contributed by atoms with E-state index in [0.29, 0.717) is 25.9 Å². The number of nitrogens with zero attached hydrogens (tertiary/aromatic N) is 1. The highest BCUT2D eigenvalue weighted by Crippen LogP contribution is 2.23. The number of hydrogen-bond acceptors (Lipinski definition) is 6. The zero-order valence-corrected chi connectivity index (χ0v) is 15.4. The quantitative estimate of drug-likeness (QED) is 0.773. The van der Waals surface area contributed by atoms with E-state index in [4.69, 9.17) is 9.02 Å². The fourth-order valence-corrected chi connectivity index (χ4v) is 3.34. The van der Waals surface area contributed by atoms with Gasteiger partial charge in [-0.05, 0) is 52.7 Å². The number of hydrogen-bond donors (Lipinski definition) is 0. The minimum absolute atomic E-state index is 0.162. The maximum absolute atomic E-state index is 12.3. The molecular weight excluding hydrogens is 330 g/mol. The van der Waals surface area contributed by atoms with Crippen molar-refractivity contribution in [1.29, 1.82) is 0 Å². The van der Waals surface area contributed by atoms with Crippen LogP contribution in [-0.2, 0) is 23.9 Å². The van der Waals surface area contributed by atoms with Crippen molar-refractivity contribution in [2.24, 2.45) is 5.41 Å². The van der Waals surface area contributed by atoms with Crippen LogP contribution >= 0.6 is 0 Å². The molecule has 0 saturated carbocycles. The van der Waals surface area contributed by atoms with Crippen molar-refractivity contribution >= 4 is 16.1 Å². The molecule has 0 spiro atoms. The molecule has 24 heavy (non-hydrogen) atoms. The molecule has 0 aromatic heterocycles. The third kappa shape index (κ3) is 5.03. The lowest BCUT2D eigenvalue weighted by molar-refractivity contribution is -0.207. The number of piperidine rings is 1. The Labute approximate surface area is 143 Å². The van der Waals surface area contributed by atoms with Gasteiger partial charge in [-0.2, -0.15) is 8.42 Å². The van der Waals surface area contributed by atoms with Crippen LogP contribution in [0.25, 0.3) is 0 Å². The molecule has 1 fully saturated rings. The number of carbonyl (C=O) groups excluding carboxylic acids is 1. The van der Waals surface area contributed by atoms with Crippen LogP contribution in [0, 0.1) is 12.3 Å². The first-order valence-corrected chi connectivity index (χ1v) is 9.46. The molecular formula is C17H25NO5S. The normalized spacial score (nSPS) is 17.7. The van der Waals surface area contributed by atoms with E-state index in [-0.39, 0.29) is 10.9 Å². The predicted octanol–water partition coefficient (Wildman–Crippen LogP) is 2.67. The summed E-state index contributed by atoms with van der Waals surface area (Å²) in [6.45, 7) is 8.18. The minimum atomic E-state index is -3.77. The van der Waals surface area contributed by atoms with Crippen molar-refractivity contribution in [1.82, 2.24) is 5.06 Å². The van der Waals surface area contributed by atoms with Crippen LogP contribution in [0.3, 0.4) is 0 Å². The molecule has 134 valence electrons. The number of aryl methyl sites for hydroxylation is 1. The van der Waals surface area contributed by atoms with Crippen LogP contribution in [0.4, 0.5) is 0 Å². The summed E-state index contributed by atoms with van der Waals surface area (Å²) in [5.74, 6) is -0.297. The van der Waals surface area contributed by atoms with Crippen molar-refractivity contribution in [2.45, 2.75) is 51.5 Å². The smallest absolute Gasteiger partial charge is 0.330 e. The third-order valence-corrected chi connectivity index (χ3v) is 5.17. The van der Waals surface area contributed by atoms with E-state index in [2.05, 4.69) is 0 Å². The van der Waals surface area contributed by atoms with Gasteiger partial charge >= 0.3 is 5.97 Å². The van der Waals surface area contributed by atoms with Gasteiger partial charge in [0, 0.05) is 13.1 Å². The Morgan fingerprint density at radius 2 is 1.67 bits per heavy atom. The maximum Gasteiger partial charge on any atom is 0.330 e. The van der Waals surface area contributed by atoms with Crippen molar-refractivity contribution < 1.29 is 22.2 Å². The second-order valence-corrected chi connectivity index (χ2v) is 8.69. The molecule has 1 aromatic carbocycles. The number of hydroxylamine groups is 2. The summed E-state index contributed by atoms with van der Waals surface area (Å²) < 4.78 is 29.9. The molecule has 6 nitrogen and oxygen atoms in total. The van der Waals surface area contributed by atoms with Crippen LogP contribution in [0.1, 0.15) is 39.2 Å². The third-order valence-electron chi connectivity index (χ3n) is 3.80. The first kappa shape index (κ1) is 18.9. The monoisotopic (exact) mass is 355 g/mol. The molecule has 1 aliphatic rings. The zero-order chi connectivity index (χ0) is 18.0. The molecule has 1 saturated heterocycles. The highest BCUT2D eigenvalue weighted by atomic mass is 32.2. The van der Waals surface area contributed by atoms with Crippen LogP contribution in [0.2, 0.25) is 0 Å². The zero-order valence-electron chi connectivity index (χ0n) is 14.6. The maximum atomic E-state index is 12.3. The Hall–Kier alpha value is -1.44. The first-order chi connectivity index (χ1) is 11.1. The largest absolute Gasteiger partial charge is 0.367 e. The van der Waals surface area contributed by atoms with Crippen molar-refractivity contribution in [2.75, 3.05) is 13.1 Å². The first-order valence-electron chi connectivity index (χ1n) is 8.05. The van der Waals surface area contributed by atoms with Crippen LogP contribution in [0.5, 0.6) is 0 Å². The molecule has 7 heteroatoms. The molecule has 0 bridgehead atoms. The molecule has 0 radical (unpaired) electrons. The Balaban J connectivity index is 1.89. The van der Waals surface area contributed by atoms with E-state index in [0.717, 1.165) is 5.56 Å².